The number of carbonyl (C=O) groups is 1. The fraction of sp³-hybridized carbons (Fsp3) is 0.267. The van der Waals surface area contributed by atoms with Crippen LogP contribution in [0.2, 0.25) is 0 Å². The maximum Gasteiger partial charge on any atom is 0.259 e. The molecule has 0 atom stereocenters. The minimum atomic E-state index is -0.234. The van der Waals surface area contributed by atoms with E-state index in [1.54, 1.807) is 10.9 Å². The SMILES string of the molecule is Cc1cc(Br)c(NCC(=O)N/N=C/c2cn(C)nc2C)c(Br)c1. The lowest BCUT2D eigenvalue weighted by atomic mass is 10.2. The van der Waals surface area contributed by atoms with Crippen LogP contribution in [0.1, 0.15) is 16.8 Å². The molecule has 23 heavy (non-hydrogen) atoms. The van der Waals surface area contributed by atoms with Crippen molar-refractivity contribution in [1.29, 1.82) is 0 Å². The van der Waals surface area contributed by atoms with Crippen LogP contribution in [0.5, 0.6) is 0 Å². The number of carbonyl (C=O) groups excluding carboxylic acids is 1. The highest BCUT2D eigenvalue weighted by Gasteiger charge is 2.08. The van der Waals surface area contributed by atoms with Gasteiger partial charge in [0.05, 0.1) is 24.1 Å². The summed E-state index contributed by atoms with van der Waals surface area (Å²) in [4.78, 5) is 11.8. The van der Waals surface area contributed by atoms with Crippen molar-refractivity contribution in [2.45, 2.75) is 13.8 Å². The molecule has 2 aromatic rings. The lowest BCUT2D eigenvalue weighted by molar-refractivity contribution is -0.119. The van der Waals surface area contributed by atoms with Crippen LogP contribution >= 0.6 is 31.9 Å². The number of hydrogen-bond acceptors (Lipinski definition) is 4. The third-order valence-corrected chi connectivity index (χ3v) is 4.31. The molecule has 1 heterocycles. The van der Waals surface area contributed by atoms with Gasteiger partial charge in [0.15, 0.2) is 0 Å². The van der Waals surface area contributed by atoms with E-state index in [1.807, 2.05) is 39.2 Å². The number of benzene rings is 1. The monoisotopic (exact) mass is 441 g/mol. The van der Waals surface area contributed by atoms with Crippen molar-refractivity contribution in [2.24, 2.45) is 12.1 Å². The van der Waals surface area contributed by atoms with Crippen molar-refractivity contribution in [2.75, 3.05) is 11.9 Å². The Balaban J connectivity index is 1.90. The van der Waals surface area contributed by atoms with Gasteiger partial charge in [-0.3, -0.25) is 9.48 Å². The molecule has 8 heteroatoms. The summed E-state index contributed by atoms with van der Waals surface area (Å²) in [6.45, 7) is 4.00. The second-order valence-corrected chi connectivity index (χ2v) is 6.80. The lowest BCUT2D eigenvalue weighted by Gasteiger charge is -2.11. The zero-order chi connectivity index (χ0) is 17.0. The number of anilines is 1. The first kappa shape index (κ1) is 17.7. The number of nitrogens with zero attached hydrogens (tertiary/aromatic N) is 3. The van der Waals surface area contributed by atoms with Gasteiger partial charge in [-0.2, -0.15) is 10.2 Å². The van der Waals surface area contributed by atoms with Gasteiger partial charge in [-0.15, -0.1) is 0 Å². The number of amides is 1. The van der Waals surface area contributed by atoms with Crippen LogP contribution in [0, 0.1) is 13.8 Å². The predicted octanol–water partition coefficient (Wildman–Crippen LogP) is 3.12. The Morgan fingerprint density at radius 3 is 2.57 bits per heavy atom. The van der Waals surface area contributed by atoms with Crippen molar-refractivity contribution in [3.05, 3.63) is 44.1 Å². The van der Waals surface area contributed by atoms with Crippen LogP contribution in [0.3, 0.4) is 0 Å². The summed E-state index contributed by atoms with van der Waals surface area (Å²) in [6.07, 6.45) is 3.42. The molecule has 2 N–H and O–H groups in total. The quantitative estimate of drug-likeness (QED) is 0.552. The number of hydrazone groups is 1. The van der Waals surface area contributed by atoms with Gasteiger partial charge in [-0.1, -0.05) is 0 Å². The summed E-state index contributed by atoms with van der Waals surface area (Å²) >= 11 is 6.96. The lowest BCUT2D eigenvalue weighted by Crippen LogP contribution is -2.26. The molecule has 1 amide bonds. The summed E-state index contributed by atoms with van der Waals surface area (Å²) in [5, 5.41) is 11.2. The van der Waals surface area contributed by atoms with Gasteiger partial charge in [0, 0.05) is 27.8 Å². The Hall–Kier alpha value is -1.67. The van der Waals surface area contributed by atoms with E-state index in [1.165, 1.54) is 0 Å². The summed E-state index contributed by atoms with van der Waals surface area (Å²) < 4.78 is 3.49. The van der Waals surface area contributed by atoms with Crippen molar-refractivity contribution in [1.82, 2.24) is 15.2 Å². The number of nitrogens with one attached hydrogen (secondary N) is 2. The van der Waals surface area contributed by atoms with Crippen molar-refractivity contribution in [3.63, 3.8) is 0 Å². The van der Waals surface area contributed by atoms with Gasteiger partial charge in [0.25, 0.3) is 5.91 Å². The Labute approximate surface area is 151 Å². The average Bonchev–Trinajstić information content (AvgIpc) is 2.76. The topological polar surface area (TPSA) is 71.3 Å². The molecule has 0 aliphatic heterocycles. The number of halogens is 2. The van der Waals surface area contributed by atoms with E-state index in [9.17, 15) is 4.79 Å². The smallest absolute Gasteiger partial charge is 0.259 e. The summed E-state index contributed by atoms with van der Waals surface area (Å²) in [7, 11) is 1.84. The van der Waals surface area contributed by atoms with E-state index in [4.69, 9.17) is 0 Å². The highest BCUT2D eigenvalue weighted by Crippen LogP contribution is 2.31. The minimum Gasteiger partial charge on any atom is -0.374 e. The number of rotatable bonds is 5. The third kappa shape index (κ3) is 4.90. The normalized spacial score (nSPS) is 11.0. The van der Waals surface area contributed by atoms with Gasteiger partial charge in [0.2, 0.25) is 0 Å². The molecule has 0 saturated heterocycles. The highest BCUT2D eigenvalue weighted by molar-refractivity contribution is 9.11. The maximum absolute atomic E-state index is 11.8. The summed E-state index contributed by atoms with van der Waals surface area (Å²) in [5.74, 6) is -0.234. The molecular weight excluding hydrogens is 426 g/mol. The Morgan fingerprint density at radius 2 is 2.00 bits per heavy atom. The van der Waals surface area contributed by atoms with Gasteiger partial charge >= 0.3 is 0 Å². The van der Waals surface area contributed by atoms with Crippen LogP contribution in [-0.4, -0.2) is 28.4 Å². The Bertz CT molecular complexity index is 731. The predicted molar refractivity (Wildman–Crippen MR) is 98.8 cm³/mol. The van der Waals surface area contributed by atoms with E-state index in [0.717, 1.165) is 31.5 Å². The van der Waals surface area contributed by atoms with Crippen molar-refractivity contribution < 1.29 is 4.79 Å². The van der Waals surface area contributed by atoms with Crippen LogP contribution in [0.15, 0.2) is 32.4 Å². The van der Waals surface area contributed by atoms with Crippen molar-refractivity contribution >= 4 is 49.7 Å². The molecule has 0 saturated carbocycles. The number of aromatic nitrogens is 2. The van der Waals surface area contributed by atoms with Gasteiger partial charge in [-0.05, 0) is 63.4 Å². The molecular formula is C15H17Br2N5O. The summed E-state index contributed by atoms with van der Waals surface area (Å²) in [6, 6.07) is 3.96. The van der Waals surface area contributed by atoms with E-state index in [-0.39, 0.29) is 12.5 Å². The van der Waals surface area contributed by atoms with Crippen LogP contribution in [-0.2, 0) is 11.8 Å². The molecule has 2 rings (SSSR count). The zero-order valence-electron chi connectivity index (χ0n) is 13.0. The first-order chi connectivity index (χ1) is 10.9. The van der Waals surface area contributed by atoms with Gasteiger partial charge in [0.1, 0.15) is 0 Å². The van der Waals surface area contributed by atoms with Gasteiger partial charge in [-0.25, -0.2) is 5.43 Å². The second kappa shape index (κ2) is 7.74. The molecule has 122 valence electrons. The van der Waals surface area contributed by atoms with Gasteiger partial charge < -0.3 is 5.32 Å². The van der Waals surface area contributed by atoms with Crippen LogP contribution in [0.25, 0.3) is 0 Å². The highest BCUT2D eigenvalue weighted by atomic mass is 79.9. The molecule has 0 unspecified atom stereocenters. The fourth-order valence-corrected chi connectivity index (χ4v) is 3.69. The molecule has 0 fully saturated rings. The van der Waals surface area contributed by atoms with Crippen LogP contribution < -0.4 is 10.7 Å². The minimum absolute atomic E-state index is 0.115. The third-order valence-electron chi connectivity index (χ3n) is 3.06. The Morgan fingerprint density at radius 1 is 1.35 bits per heavy atom. The van der Waals surface area contributed by atoms with E-state index < -0.39 is 0 Å². The fourth-order valence-electron chi connectivity index (χ4n) is 2.00. The second-order valence-electron chi connectivity index (χ2n) is 5.09. The Kier molecular flexibility index (Phi) is 5.95. The maximum atomic E-state index is 11.8. The first-order valence-corrected chi connectivity index (χ1v) is 8.47. The zero-order valence-corrected chi connectivity index (χ0v) is 16.2. The molecule has 0 radical (unpaired) electrons. The van der Waals surface area contributed by atoms with E-state index >= 15 is 0 Å². The standard InChI is InChI=1S/C15H17Br2N5O/c1-9-4-12(16)15(13(17)5-9)18-7-14(23)20-19-6-11-8-22(3)21-10(11)2/h4-6,8,18H,7H2,1-3H3,(H,20,23)/b19-6+. The first-order valence-electron chi connectivity index (χ1n) is 6.88. The van der Waals surface area contributed by atoms with E-state index in [0.29, 0.717) is 0 Å². The molecule has 0 spiro atoms. The van der Waals surface area contributed by atoms with Crippen LogP contribution in [0.4, 0.5) is 5.69 Å². The van der Waals surface area contributed by atoms with E-state index in [2.05, 4.69) is 52.8 Å². The average molecular weight is 443 g/mol. The molecule has 1 aromatic carbocycles. The molecule has 0 aliphatic carbocycles. The molecule has 0 aliphatic rings. The molecule has 1 aromatic heterocycles. The molecule has 6 nitrogen and oxygen atoms in total. The molecule has 0 bridgehead atoms. The summed E-state index contributed by atoms with van der Waals surface area (Å²) in [5.41, 5.74) is 6.16. The number of hydrogen-bond donors (Lipinski definition) is 2. The largest absolute Gasteiger partial charge is 0.374 e. The van der Waals surface area contributed by atoms with Crippen molar-refractivity contribution in [3.8, 4) is 0 Å². The number of aryl methyl sites for hydroxylation is 3.